The number of ether oxygens (including phenoxy) is 2. The molecule has 0 aliphatic carbocycles. The maximum Gasteiger partial charge on any atom is 0.229 e. The van der Waals surface area contributed by atoms with Crippen LogP contribution in [0, 0.1) is 0 Å². The Kier molecular flexibility index (Phi) is 9.09. The second-order valence-corrected chi connectivity index (χ2v) is 9.17. The van der Waals surface area contributed by atoms with Gasteiger partial charge >= 0.3 is 0 Å². The highest BCUT2D eigenvalue weighted by Crippen LogP contribution is 2.20. The molecule has 174 valence electrons. The highest BCUT2D eigenvalue weighted by molar-refractivity contribution is 7.92. The van der Waals surface area contributed by atoms with Crippen LogP contribution in [0.3, 0.4) is 0 Å². The molecule has 0 aliphatic heterocycles. The minimum atomic E-state index is -3.32. The molecule has 2 aromatic carbocycles. The van der Waals surface area contributed by atoms with Crippen molar-refractivity contribution in [2.24, 2.45) is 0 Å². The van der Waals surface area contributed by atoms with Crippen molar-refractivity contribution < 1.29 is 23.0 Å². The topological polar surface area (TPSA) is 101 Å². The van der Waals surface area contributed by atoms with Gasteiger partial charge in [0.1, 0.15) is 24.2 Å². The summed E-state index contributed by atoms with van der Waals surface area (Å²) >= 11 is 0. The van der Waals surface area contributed by atoms with E-state index < -0.39 is 16.1 Å². The Morgan fingerprint density at radius 1 is 1.09 bits per heavy atom. The Morgan fingerprint density at radius 3 is 2.44 bits per heavy atom. The van der Waals surface area contributed by atoms with E-state index in [-0.39, 0.29) is 19.0 Å². The number of hydrogen-bond donors (Lipinski definition) is 2. The van der Waals surface area contributed by atoms with Crippen LogP contribution in [0.4, 0.5) is 5.69 Å². The van der Waals surface area contributed by atoms with E-state index in [2.05, 4.69) is 9.71 Å². The maximum atomic E-state index is 11.2. The molecular formula is C22H28ClN3O5S. The van der Waals surface area contributed by atoms with Crippen molar-refractivity contribution in [3.8, 4) is 11.5 Å². The summed E-state index contributed by atoms with van der Waals surface area (Å²) in [6.45, 7) is 1.12. The first kappa shape index (κ1) is 25.7. The van der Waals surface area contributed by atoms with Crippen molar-refractivity contribution in [1.82, 2.24) is 9.88 Å². The number of rotatable bonds is 10. The molecule has 0 saturated heterocycles. The lowest BCUT2D eigenvalue weighted by Crippen LogP contribution is -2.33. The third-order valence-electron chi connectivity index (χ3n) is 4.51. The number of pyridine rings is 1. The Hall–Kier alpha value is -2.59. The average molecular weight is 482 g/mol. The summed E-state index contributed by atoms with van der Waals surface area (Å²) < 4.78 is 35.7. The zero-order valence-corrected chi connectivity index (χ0v) is 19.8. The van der Waals surface area contributed by atoms with Crippen LogP contribution in [0.2, 0.25) is 0 Å². The molecule has 3 rings (SSSR count). The normalized spacial score (nSPS) is 12.3. The van der Waals surface area contributed by atoms with Crippen LogP contribution in [0.1, 0.15) is 5.69 Å². The lowest BCUT2D eigenvalue weighted by Gasteiger charge is -2.20. The molecule has 0 spiro atoms. The van der Waals surface area contributed by atoms with Gasteiger partial charge in [0, 0.05) is 24.2 Å². The minimum Gasteiger partial charge on any atom is -0.497 e. The summed E-state index contributed by atoms with van der Waals surface area (Å²) in [5, 5.41) is 11.3. The first-order chi connectivity index (χ1) is 14.7. The van der Waals surface area contributed by atoms with E-state index in [0.717, 1.165) is 28.6 Å². The van der Waals surface area contributed by atoms with Gasteiger partial charge in [0.05, 0.1) is 24.6 Å². The fourth-order valence-corrected chi connectivity index (χ4v) is 3.70. The molecule has 0 radical (unpaired) electrons. The van der Waals surface area contributed by atoms with Gasteiger partial charge in [-0.15, -0.1) is 12.4 Å². The molecule has 1 aromatic heterocycles. The SMILES string of the molecule is COc1ccc2nc(CN(C)CC(O)COc3ccc(NS(C)(=O)=O)cc3)ccc2c1.Cl. The number of fused-ring (bicyclic) bond motifs is 1. The van der Waals surface area contributed by atoms with E-state index in [4.69, 9.17) is 9.47 Å². The first-order valence-corrected chi connectivity index (χ1v) is 11.6. The number of aromatic nitrogens is 1. The molecule has 1 unspecified atom stereocenters. The van der Waals surface area contributed by atoms with Crippen molar-refractivity contribution in [1.29, 1.82) is 0 Å². The van der Waals surface area contributed by atoms with Crippen LogP contribution >= 0.6 is 12.4 Å². The van der Waals surface area contributed by atoms with E-state index in [0.29, 0.717) is 24.5 Å². The van der Waals surface area contributed by atoms with Crippen LogP contribution in [-0.4, -0.2) is 63.1 Å². The summed E-state index contributed by atoms with van der Waals surface area (Å²) in [5.74, 6) is 1.34. The molecule has 1 heterocycles. The molecule has 32 heavy (non-hydrogen) atoms. The monoisotopic (exact) mass is 481 g/mol. The van der Waals surface area contributed by atoms with Gasteiger partial charge in [-0.3, -0.25) is 14.6 Å². The summed E-state index contributed by atoms with van der Waals surface area (Å²) in [6, 6.07) is 16.2. The van der Waals surface area contributed by atoms with E-state index in [1.165, 1.54) is 0 Å². The number of likely N-dealkylation sites (N-methyl/N-ethyl adjacent to an activating group) is 1. The number of hydrogen-bond acceptors (Lipinski definition) is 7. The van der Waals surface area contributed by atoms with Crippen LogP contribution in [-0.2, 0) is 16.6 Å². The largest absolute Gasteiger partial charge is 0.497 e. The zero-order chi connectivity index (χ0) is 22.4. The number of anilines is 1. The third kappa shape index (κ3) is 7.83. The van der Waals surface area contributed by atoms with Crippen molar-refractivity contribution in [2.45, 2.75) is 12.6 Å². The first-order valence-electron chi connectivity index (χ1n) is 9.73. The summed E-state index contributed by atoms with van der Waals surface area (Å²) in [7, 11) is 0.231. The number of benzene rings is 2. The molecule has 0 bridgehead atoms. The summed E-state index contributed by atoms with van der Waals surface area (Å²) in [4.78, 5) is 6.64. The standard InChI is InChI=1S/C22H27N3O5S.ClH/c1-25(13-18-5-4-16-12-21(29-2)10-11-22(16)23-18)14-19(26)15-30-20-8-6-17(7-9-20)24-31(3,27)28;/h4-12,19,24,26H,13-15H2,1-3H3;1H. The molecule has 0 fully saturated rings. The highest BCUT2D eigenvalue weighted by Gasteiger charge is 2.11. The fourth-order valence-electron chi connectivity index (χ4n) is 3.14. The van der Waals surface area contributed by atoms with Gasteiger partial charge in [0.2, 0.25) is 10.0 Å². The second-order valence-electron chi connectivity index (χ2n) is 7.42. The predicted octanol–water partition coefficient (Wildman–Crippen LogP) is 2.91. The van der Waals surface area contributed by atoms with Crippen molar-refractivity contribution in [3.05, 3.63) is 60.3 Å². The number of nitrogens with one attached hydrogen (secondary N) is 1. The molecular weight excluding hydrogens is 454 g/mol. The van der Waals surface area contributed by atoms with Gasteiger partial charge in [0.25, 0.3) is 0 Å². The van der Waals surface area contributed by atoms with Crippen LogP contribution in [0.5, 0.6) is 11.5 Å². The van der Waals surface area contributed by atoms with E-state index in [1.807, 2.05) is 42.3 Å². The quantitative estimate of drug-likeness (QED) is 0.459. The van der Waals surface area contributed by atoms with Crippen molar-refractivity contribution in [3.63, 3.8) is 0 Å². The maximum absolute atomic E-state index is 11.2. The smallest absolute Gasteiger partial charge is 0.229 e. The molecule has 8 nitrogen and oxygen atoms in total. The summed E-state index contributed by atoms with van der Waals surface area (Å²) in [5.41, 5.74) is 2.25. The van der Waals surface area contributed by atoms with E-state index >= 15 is 0 Å². The van der Waals surface area contributed by atoms with Gasteiger partial charge in [-0.1, -0.05) is 6.07 Å². The minimum absolute atomic E-state index is 0. The molecule has 3 aromatic rings. The van der Waals surface area contributed by atoms with Gasteiger partial charge in [0.15, 0.2) is 0 Å². The number of aliphatic hydroxyl groups excluding tert-OH is 1. The molecule has 2 N–H and O–H groups in total. The molecule has 10 heteroatoms. The van der Waals surface area contributed by atoms with Crippen LogP contribution in [0.25, 0.3) is 10.9 Å². The van der Waals surface area contributed by atoms with E-state index in [1.54, 1.807) is 31.4 Å². The molecule has 0 amide bonds. The Balaban J connectivity index is 0.00000363. The number of aliphatic hydroxyl groups is 1. The number of nitrogens with zero attached hydrogens (tertiary/aromatic N) is 2. The number of halogens is 1. The van der Waals surface area contributed by atoms with Crippen LogP contribution < -0.4 is 14.2 Å². The number of sulfonamides is 1. The Bertz CT molecular complexity index is 1130. The lowest BCUT2D eigenvalue weighted by molar-refractivity contribution is 0.0741. The molecule has 0 aliphatic rings. The van der Waals surface area contributed by atoms with Crippen LogP contribution in [0.15, 0.2) is 54.6 Å². The average Bonchev–Trinajstić information content (AvgIpc) is 2.71. The fraction of sp³-hybridized carbons (Fsp3) is 0.318. The zero-order valence-electron chi connectivity index (χ0n) is 18.2. The lowest BCUT2D eigenvalue weighted by atomic mass is 10.2. The van der Waals surface area contributed by atoms with Gasteiger partial charge in [-0.05, 0) is 55.6 Å². The Labute approximate surface area is 194 Å². The summed E-state index contributed by atoms with van der Waals surface area (Å²) in [6.07, 6.45) is 0.401. The molecule has 1 atom stereocenters. The van der Waals surface area contributed by atoms with Gasteiger partial charge in [-0.2, -0.15) is 0 Å². The van der Waals surface area contributed by atoms with E-state index in [9.17, 15) is 13.5 Å². The number of methoxy groups -OCH3 is 1. The predicted molar refractivity (Wildman–Crippen MR) is 128 cm³/mol. The van der Waals surface area contributed by atoms with Crippen molar-refractivity contribution in [2.75, 3.05) is 38.3 Å². The van der Waals surface area contributed by atoms with Crippen molar-refractivity contribution >= 4 is 39.0 Å². The Morgan fingerprint density at radius 2 is 1.78 bits per heavy atom. The molecule has 0 saturated carbocycles. The van der Waals surface area contributed by atoms with Gasteiger partial charge in [-0.25, -0.2) is 8.42 Å². The highest BCUT2D eigenvalue weighted by atomic mass is 35.5. The third-order valence-corrected chi connectivity index (χ3v) is 5.11. The second kappa shape index (κ2) is 11.3. The van der Waals surface area contributed by atoms with Gasteiger partial charge < -0.3 is 14.6 Å².